The summed E-state index contributed by atoms with van der Waals surface area (Å²) in [6.07, 6.45) is 5.50. The van der Waals surface area contributed by atoms with Gasteiger partial charge in [-0.15, -0.1) is 0 Å². The number of nitrogens with zero attached hydrogens (tertiary/aromatic N) is 2. The molecule has 0 saturated heterocycles. The van der Waals surface area contributed by atoms with Gasteiger partial charge in [-0.05, 0) is 37.3 Å². The van der Waals surface area contributed by atoms with Gasteiger partial charge in [0.1, 0.15) is 0 Å². The van der Waals surface area contributed by atoms with Crippen LogP contribution in [-0.4, -0.2) is 22.4 Å². The van der Waals surface area contributed by atoms with Crippen molar-refractivity contribution in [2.45, 2.75) is 45.7 Å². The van der Waals surface area contributed by atoms with Gasteiger partial charge in [-0.1, -0.05) is 13.8 Å². The Kier molecular flexibility index (Phi) is 3.10. The van der Waals surface area contributed by atoms with E-state index in [1.807, 2.05) is 10.9 Å². The molecule has 1 N–H and O–H groups in total. The molecule has 84 valence electrons. The van der Waals surface area contributed by atoms with Crippen molar-refractivity contribution in [3.8, 4) is 0 Å². The summed E-state index contributed by atoms with van der Waals surface area (Å²) in [5, 5.41) is 7.86. The predicted octanol–water partition coefficient (Wildman–Crippen LogP) is 2.00. The zero-order valence-electron chi connectivity index (χ0n) is 9.90. The maximum absolute atomic E-state index is 4.34. The van der Waals surface area contributed by atoms with E-state index in [1.54, 1.807) is 0 Å². The highest BCUT2D eigenvalue weighted by atomic mass is 15.3. The molecule has 0 aromatic carbocycles. The lowest BCUT2D eigenvalue weighted by atomic mass is 9.68. The van der Waals surface area contributed by atoms with Crippen molar-refractivity contribution in [1.29, 1.82) is 0 Å². The zero-order valence-corrected chi connectivity index (χ0v) is 9.90. The SMILES string of the molecule is CCNC1CC(c2cnn(CC)c2)C1C. The van der Waals surface area contributed by atoms with Gasteiger partial charge in [-0.25, -0.2) is 0 Å². The van der Waals surface area contributed by atoms with Gasteiger partial charge < -0.3 is 5.32 Å². The summed E-state index contributed by atoms with van der Waals surface area (Å²) < 4.78 is 2.02. The minimum atomic E-state index is 0.713. The van der Waals surface area contributed by atoms with Crippen molar-refractivity contribution in [3.05, 3.63) is 18.0 Å². The smallest absolute Gasteiger partial charge is 0.0524 e. The van der Waals surface area contributed by atoms with Crippen molar-refractivity contribution >= 4 is 0 Å². The van der Waals surface area contributed by atoms with E-state index < -0.39 is 0 Å². The van der Waals surface area contributed by atoms with E-state index >= 15 is 0 Å². The summed E-state index contributed by atoms with van der Waals surface area (Å²) in [6.45, 7) is 8.69. The van der Waals surface area contributed by atoms with Crippen LogP contribution < -0.4 is 5.32 Å². The Bertz CT molecular complexity index is 318. The molecule has 0 aliphatic heterocycles. The van der Waals surface area contributed by atoms with Gasteiger partial charge in [0.05, 0.1) is 6.20 Å². The second kappa shape index (κ2) is 4.35. The number of hydrogen-bond donors (Lipinski definition) is 1. The molecule has 1 aliphatic rings. The Hall–Kier alpha value is -0.830. The van der Waals surface area contributed by atoms with Crippen molar-refractivity contribution in [2.75, 3.05) is 6.54 Å². The molecule has 0 radical (unpaired) electrons. The maximum Gasteiger partial charge on any atom is 0.0524 e. The summed E-state index contributed by atoms with van der Waals surface area (Å²) in [5.41, 5.74) is 1.42. The average Bonchev–Trinajstić information content (AvgIpc) is 2.71. The van der Waals surface area contributed by atoms with Crippen LogP contribution in [0.15, 0.2) is 12.4 Å². The number of hydrogen-bond acceptors (Lipinski definition) is 2. The fraction of sp³-hybridized carbons (Fsp3) is 0.750. The molecular weight excluding hydrogens is 186 g/mol. The number of rotatable bonds is 4. The summed E-state index contributed by atoms with van der Waals surface area (Å²) in [5.74, 6) is 1.47. The first-order valence-electron chi connectivity index (χ1n) is 6.02. The average molecular weight is 207 g/mol. The molecule has 1 saturated carbocycles. The minimum Gasteiger partial charge on any atom is -0.314 e. The van der Waals surface area contributed by atoms with Crippen LogP contribution in [0.1, 0.15) is 38.7 Å². The molecule has 1 aromatic rings. The van der Waals surface area contributed by atoms with E-state index in [2.05, 4.69) is 37.4 Å². The second-order valence-electron chi connectivity index (χ2n) is 4.49. The molecule has 0 spiro atoms. The third-order valence-electron chi connectivity index (χ3n) is 3.65. The van der Waals surface area contributed by atoms with Crippen LogP contribution >= 0.6 is 0 Å². The first-order chi connectivity index (χ1) is 7.26. The van der Waals surface area contributed by atoms with Crippen LogP contribution in [0.25, 0.3) is 0 Å². The van der Waals surface area contributed by atoms with Crippen LogP contribution in [0.5, 0.6) is 0 Å². The van der Waals surface area contributed by atoms with Gasteiger partial charge >= 0.3 is 0 Å². The van der Waals surface area contributed by atoms with Crippen molar-refractivity contribution < 1.29 is 0 Å². The lowest BCUT2D eigenvalue weighted by Crippen LogP contribution is -2.47. The lowest BCUT2D eigenvalue weighted by molar-refractivity contribution is 0.187. The molecule has 2 rings (SSSR count). The van der Waals surface area contributed by atoms with Crippen LogP contribution in [0, 0.1) is 5.92 Å². The molecule has 1 aliphatic carbocycles. The molecule has 3 unspecified atom stereocenters. The normalized spacial score (nSPS) is 30.2. The quantitative estimate of drug-likeness (QED) is 0.818. The number of nitrogens with one attached hydrogen (secondary N) is 1. The van der Waals surface area contributed by atoms with Crippen molar-refractivity contribution in [3.63, 3.8) is 0 Å². The fourth-order valence-corrected chi connectivity index (χ4v) is 2.50. The van der Waals surface area contributed by atoms with E-state index in [9.17, 15) is 0 Å². The summed E-state index contributed by atoms with van der Waals surface area (Å²) >= 11 is 0. The second-order valence-corrected chi connectivity index (χ2v) is 4.49. The van der Waals surface area contributed by atoms with Gasteiger partial charge in [-0.2, -0.15) is 5.10 Å². The van der Waals surface area contributed by atoms with Crippen molar-refractivity contribution in [1.82, 2.24) is 15.1 Å². The Morgan fingerprint density at radius 1 is 1.53 bits per heavy atom. The topological polar surface area (TPSA) is 29.9 Å². The highest BCUT2D eigenvalue weighted by Crippen LogP contribution is 2.42. The molecule has 1 aromatic heterocycles. The van der Waals surface area contributed by atoms with Gasteiger partial charge in [-0.3, -0.25) is 4.68 Å². The first kappa shape index (κ1) is 10.7. The third-order valence-corrected chi connectivity index (χ3v) is 3.65. The zero-order chi connectivity index (χ0) is 10.8. The van der Waals surface area contributed by atoms with Crippen LogP contribution in [0.4, 0.5) is 0 Å². The third kappa shape index (κ3) is 1.93. The summed E-state index contributed by atoms with van der Waals surface area (Å²) in [7, 11) is 0. The molecule has 3 atom stereocenters. The first-order valence-corrected chi connectivity index (χ1v) is 6.02. The largest absolute Gasteiger partial charge is 0.314 e. The van der Waals surface area contributed by atoms with Gasteiger partial charge in [0.25, 0.3) is 0 Å². The Balaban J connectivity index is 1.96. The molecule has 3 heteroatoms. The molecule has 15 heavy (non-hydrogen) atoms. The summed E-state index contributed by atoms with van der Waals surface area (Å²) in [4.78, 5) is 0. The molecule has 3 nitrogen and oxygen atoms in total. The number of aryl methyl sites for hydroxylation is 1. The Morgan fingerprint density at radius 2 is 2.33 bits per heavy atom. The van der Waals surface area contributed by atoms with E-state index in [4.69, 9.17) is 0 Å². The van der Waals surface area contributed by atoms with Crippen LogP contribution in [-0.2, 0) is 6.54 Å². The molecule has 0 amide bonds. The fourth-order valence-electron chi connectivity index (χ4n) is 2.50. The van der Waals surface area contributed by atoms with E-state index in [0.29, 0.717) is 12.0 Å². The predicted molar refractivity (Wildman–Crippen MR) is 61.9 cm³/mol. The molecule has 1 fully saturated rings. The van der Waals surface area contributed by atoms with Crippen LogP contribution in [0.2, 0.25) is 0 Å². The molecule has 0 bridgehead atoms. The maximum atomic E-state index is 4.34. The standard InChI is InChI=1S/C12H21N3/c1-4-13-12-6-11(9(12)3)10-7-14-15(5-2)8-10/h7-9,11-13H,4-6H2,1-3H3. The monoisotopic (exact) mass is 207 g/mol. The van der Waals surface area contributed by atoms with Crippen LogP contribution in [0.3, 0.4) is 0 Å². The molecule has 1 heterocycles. The van der Waals surface area contributed by atoms with Gasteiger partial charge in [0.2, 0.25) is 0 Å². The van der Waals surface area contributed by atoms with Gasteiger partial charge in [0.15, 0.2) is 0 Å². The van der Waals surface area contributed by atoms with E-state index in [1.165, 1.54) is 12.0 Å². The Labute approximate surface area is 91.9 Å². The number of aromatic nitrogens is 2. The highest BCUT2D eigenvalue weighted by Gasteiger charge is 2.38. The highest BCUT2D eigenvalue weighted by molar-refractivity contribution is 5.18. The van der Waals surface area contributed by atoms with E-state index in [0.717, 1.165) is 19.0 Å². The van der Waals surface area contributed by atoms with E-state index in [-0.39, 0.29) is 0 Å². The summed E-state index contributed by atoms with van der Waals surface area (Å²) in [6, 6.07) is 0.713. The Morgan fingerprint density at radius 3 is 2.87 bits per heavy atom. The van der Waals surface area contributed by atoms with Gasteiger partial charge in [0, 0.05) is 18.8 Å². The van der Waals surface area contributed by atoms with Crippen molar-refractivity contribution in [2.24, 2.45) is 5.92 Å². The molecular formula is C12H21N3. The lowest BCUT2D eigenvalue weighted by Gasteiger charge is -2.43. The minimum absolute atomic E-state index is 0.713.